The fourth-order valence-corrected chi connectivity index (χ4v) is 2.98. The van der Waals surface area contributed by atoms with E-state index in [4.69, 9.17) is 9.26 Å². The van der Waals surface area contributed by atoms with Gasteiger partial charge in [0.1, 0.15) is 5.82 Å². The lowest BCUT2D eigenvalue weighted by Gasteiger charge is -2.00. The Bertz CT molecular complexity index is 839. The van der Waals surface area contributed by atoms with E-state index in [0.29, 0.717) is 11.1 Å². The first-order valence-corrected chi connectivity index (χ1v) is 7.67. The van der Waals surface area contributed by atoms with E-state index in [9.17, 15) is 9.18 Å². The highest BCUT2D eigenvalue weighted by Gasteiger charge is 2.15. The largest absolute Gasteiger partial charge is 0.454 e. The number of hydrogen-bond acceptors (Lipinski definition) is 6. The van der Waals surface area contributed by atoms with Crippen molar-refractivity contribution in [2.45, 2.75) is 20.5 Å². The maximum Gasteiger partial charge on any atom is 0.339 e. The molecule has 0 bridgehead atoms. The highest BCUT2D eigenvalue weighted by molar-refractivity contribution is 7.12. The maximum absolute atomic E-state index is 12.9. The summed E-state index contributed by atoms with van der Waals surface area (Å²) in [4.78, 5) is 18.1. The molecule has 3 rings (SSSR count). The van der Waals surface area contributed by atoms with Crippen molar-refractivity contribution in [3.63, 3.8) is 0 Å². The summed E-state index contributed by atoms with van der Waals surface area (Å²) >= 11 is 1.54. The van der Waals surface area contributed by atoms with Crippen molar-refractivity contribution in [1.82, 2.24) is 10.1 Å². The molecule has 118 valence electrons. The van der Waals surface area contributed by atoms with Crippen molar-refractivity contribution >= 4 is 17.3 Å². The van der Waals surface area contributed by atoms with Crippen molar-refractivity contribution in [2.24, 2.45) is 0 Å². The van der Waals surface area contributed by atoms with Crippen molar-refractivity contribution < 1.29 is 18.4 Å². The third-order valence-corrected chi connectivity index (χ3v) is 4.12. The van der Waals surface area contributed by atoms with Crippen LogP contribution in [-0.2, 0) is 11.3 Å². The van der Waals surface area contributed by atoms with E-state index in [1.807, 2.05) is 13.8 Å². The first-order valence-electron chi connectivity index (χ1n) is 6.85. The predicted octanol–water partition coefficient (Wildman–Crippen LogP) is 3.91. The molecule has 0 saturated carbocycles. The summed E-state index contributed by atoms with van der Waals surface area (Å²) in [6, 6.07) is 7.48. The van der Waals surface area contributed by atoms with Crippen LogP contribution in [0.4, 0.5) is 4.39 Å². The molecule has 3 aromatic rings. The molecule has 0 aliphatic carbocycles. The van der Waals surface area contributed by atoms with Gasteiger partial charge >= 0.3 is 5.97 Å². The van der Waals surface area contributed by atoms with E-state index in [0.717, 1.165) is 9.75 Å². The number of benzene rings is 1. The Balaban J connectivity index is 1.66. The van der Waals surface area contributed by atoms with Gasteiger partial charge < -0.3 is 9.26 Å². The monoisotopic (exact) mass is 332 g/mol. The highest BCUT2D eigenvalue weighted by atomic mass is 32.1. The molecule has 0 amide bonds. The Morgan fingerprint density at radius 1 is 1.30 bits per heavy atom. The lowest BCUT2D eigenvalue weighted by Crippen LogP contribution is -2.06. The summed E-state index contributed by atoms with van der Waals surface area (Å²) in [5.41, 5.74) is 1.15. The van der Waals surface area contributed by atoms with Crippen LogP contribution in [0.3, 0.4) is 0 Å². The fraction of sp³-hybridized carbons (Fsp3) is 0.188. The van der Waals surface area contributed by atoms with Crippen LogP contribution < -0.4 is 0 Å². The number of thiophene rings is 1. The number of aromatic nitrogens is 2. The average Bonchev–Trinajstić information content (AvgIpc) is 3.12. The molecule has 0 aliphatic heterocycles. The van der Waals surface area contributed by atoms with Gasteiger partial charge in [-0.3, -0.25) is 0 Å². The number of aryl methyl sites for hydroxylation is 2. The molecule has 2 heterocycles. The molecule has 0 atom stereocenters. The van der Waals surface area contributed by atoms with E-state index in [-0.39, 0.29) is 24.1 Å². The molecule has 0 radical (unpaired) electrons. The maximum atomic E-state index is 12.9. The average molecular weight is 332 g/mol. The van der Waals surface area contributed by atoms with Crippen molar-refractivity contribution in [2.75, 3.05) is 0 Å². The molecule has 7 heteroatoms. The lowest BCUT2D eigenvalue weighted by molar-refractivity contribution is 0.0459. The van der Waals surface area contributed by atoms with Gasteiger partial charge in [0.25, 0.3) is 5.89 Å². The third kappa shape index (κ3) is 3.45. The molecular weight excluding hydrogens is 319 g/mol. The zero-order chi connectivity index (χ0) is 16.4. The number of rotatable bonds is 4. The summed E-state index contributed by atoms with van der Waals surface area (Å²) < 4.78 is 23.2. The van der Waals surface area contributed by atoms with Gasteiger partial charge in [-0.15, -0.1) is 11.3 Å². The summed E-state index contributed by atoms with van der Waals surface area (Å²) in [5.74, 6) is -0.260. The van der Waals surface area contributed by atoms with Crippen LogP contribution in [0.15, 0.2) is 34.9 Å². The molecule has 0 N–H and O–H groups in total. The minimum absolute atomic E-state index is 0.0855. The highest BCUT2D eigenvalue weighted by Crippen LogP contribution is 2.22. The molecule has 2 aromatic heterocycles. The molecular formula is C16H13FN2O3S. The van der Waals surface area contributed by atoms with Gasteiger partial charge in [-0.1, -0.05) is 5.16 Å². The normalized spacial score (nSPS) is 10.7. The van der Waals surface area contributed by atoms with Crippen molar-refractivity contribution in [3.8, 4) is 11.5 Å². The Labute approximate surface area is 135 Å². The molecule has 23 heavy (non-hydrogen) atoms. The Hall–Kier alpha value is -2.54. The van der Waals surface area contributed by atoms with Crippen LogP contribution in [0.5, 0.6) is 0 Å². The van der Waals surface area contributed by atoms with E-state index >= 15 is 0 Å². The van der Waals surface area contributed by atoms with Crippen LogP contribution in [0.2, 0.25) is 0 Å². The number of nitrogens with zero attached hydrogens (tertiary/aromatic N) is 2. The predicted molar refractivity (Wildman–Crippen MR) is 82.6 cm³/mol. The second-order valence-electron chi connectivity index (χ2n) is 4.93. The van der Waals surface area contributed by atoms with E-state index in [2.05, 4.69) is 10.1 Å². The minimum Gasteiger partial charge on any atom is -0.454 e. The minimum atomic E-state index is -0.417. The number of carbonyl (C=O) groups excluding carboxylic acids is 1. The number of hydrogen-bond donors (Lipinski definition) is 0. The zero-order valence-corrected chi connectivity index (χ0v) is 13.3. The fourth-order valence-electron chi connectivity index (χ4n) is 2.06. The molecule has 5 nitrogen and oxygen atoms in total. The quantitative estimate of drug-likeness (QED) is 0.678. The van der Waals surface area contributed by atoms with Crippen LogP contribution in [-0.4, -0.2) is 16.1 Å². The zero-order valence-electron chi connectivity index (χ0n) is 12.5. The van der Waals surface area contributed by atoms with Gasteiger partial charge in [-0.25, -0.2) is 9.18 Å². The van der Waals surface area contributed by atoms with Gasteiger partial charge in [0.15, 0.2) is 6.61 Å². The van der Waals surface area contributed by atoms with Crippen LogP contribution in [0.1, 0.15) is 25.9 Å². The van der Waals surface area contributed by atoms with E-state index < -0.39 is 5.97 Å². The summed E-state index contributed by atoms with van der Waals surface area (Å²) in [6.45, 7) is 3.72. The molecule has 0 saturated heterocycles. The van der Waals surface area contributed by atoms with Crippen LogP contribution >= 0.6 is 11.3 Å². The smallest absolute Gasteiger partial charge is 0.339 e. The summed E-state index contributed by atoms with van der Waals surface area (Å²) in [7, 11) is 0. The second kappa shape index (κ2) is 6.29. The van der Waals surface area contributed by atoms with Gasteiger partial charge in [0, 0.05) is 15.3 Å². The van der Waals surface area contributed by atoms with Crippen molar-refractivity contribution in [1.29, 1.82) is 0 Å². The molecule has 0 fully saturated rings. The number of carbonyl (C=O) groups is 1. The summed E-state index contributed by atoms with van der Waals surface area (Å²) in [6.07, 6.45) is 0. The van der Waals surface area contributed by atoms with Gasteiger partial charge in [-0.2, -0.15) is 4.98 Å². The first-order chi connectivity index (χ1) is 11.0. The Morgan fingerprint density at radius 3 is 2.70 bits per heavy atom. The van der Waals surface area contributed by atoms with Gasteiger partial charge in [0.2, 0.25) is 5.82 Å². The number of halogens is 1. The Morgan fingerprint density at radius 2 is 2.04 bits per heavy atom. The molecule has 0 spiro atoms. The van der Waals surface area contributed by atoms with Crippen LogP contribution in [0.25, 0.3) is 11.5 Å². The van der Waals surface area contributed by atoms with Crippen molar-refractivity contribution in [3.05, 3.63) is 57.3 Å². The van der Waals surface area contributed by atoms with Crippen LogP contribution in [0, 0.1) is 19.7 Å². The van der Waals surface area contributed by atoms with E-state index in [1.165, 1.54) is 24.3 Å². The first kappa shape index (κ1) is 15.4. The Kier molecular flexibility index (Phi) is 4.20. The van der Waals surface area contributed by atoms with Gasteiger partial charge in [-0.05, 0) is 44.2 Å². The third-order valence-electron chi connectivity index (χ3n) is 3.15. The molecule has 1 aromatic carbocycles. The summed E-state index contributed by atoms with van der Waals surface area (Å²) in [5, 5.41) is 3.75. The SMILES string of the molecule is Cc1cc(C(=O)OCc2noc(-c3ccc(F)cc3)n2)c(C)s1. The second-order valence-corrected chi connectivity index (χ2v) is 6.39. The number of esters is 1. The lowest BCUT2D eigenvalue weighted by atomic mass is 10.2. The molecule has 0 aliphatic rings. The topological polar surface area (TPSA) is 65.2 Å². The number of ether oxygens (including phenoxy) is 1. The standard InChI is InChI=1S/C16H13FN2O3S/c1-9-7-13(10(2)23-9)16(20)21-8-14-18-15(22-19-14)11-3-5-12(17)6-4-11/h3-7H,8H2,1-2H3. The van der Waals surface area contributed by atoms with E-state index in [1.54, 1.807) is 17.4 Å². The van der Waals surface area contributed by atoms with Gasteiger partial charge in [0.05, 0.1) is 5.56 Å². The molecule has 0 unspecified atom stereocenters.